The van der Waals surface area contributed by atoms with E-state index in [0.29, 0.717) is 17.4 Å². The molecule has 5 nitrogen and oxygen atoms in total. The Balaban J connectivity index is 1.66. The minimum absolute atomic E-state index is 0.0757. The zero-order chi connectivity index (χ0) is 14.5. The molecule has 110 valence electrons. The zero-order valence-electron chi connectivity index (χ0n) is 11.8. The summed E-state index contributed by atoms with van der Waals surface area (Å²) < 4.78 is 0. The van der Waals surface area contributed by atoms with E-state index in [0.717, 1.165) is 17.8 Å². The van der Waals surface area contributed by atoms with Crippen LogP contribution in [0, 0.1) is 0 Å². The van der Waals surface area contributed by atoms with Crippen molar-refractivity contribution in [1.29, 1.82) is 0 Å². The van der Waals surface area contributed by atoms with Gasteiger partial charge in [-0.15, -0.1) is 11.3 Å². The van der Waals surface area contributed by atoms with Crippen molar-refractivity contribution in [2.24, 2.45) is 0 Å². The minimum atomic E-state index is -0.0757. The molecule has 2 aromatic heterocycles. The maximum absolute atomic E-state index is 12.3. The average Bonchev–Trinajstić information content (AvgIpc) is 2.88. The molecule has 1 aliphatic rings. The van der Waals surface area contributed by atoms with Crippen LogP contribution in [0.5, 0.6) is 0 Å². The number of rotatable bonds is 3. The summed E-state index contributed by atoms with van der Waals surface area (Å²) in [5.74, 6) is -0.0757. The standard InChI is InChI=1S/C15H18N4OS/c20-14(18-11-5-3-1-2-4-6-11)13-10-21-15(19-13)12-9-16-7-8-17-12/h7-11H,1-6H2,(H,18,20). The normalized spacial score (nSPS) is 16.4. The molecule has 0 atom stereocenters. The molecule has 0 radical (unpaired) electrons. The van der Waals surface area contributed by atoms with Gasteiger partial charge in [-0.05, 0) is 12.8 Å². The van der Waals surface area contributed by atoms with E-state index >= 15 is 0 Å². The molecule has 1 amide bonds. The predicted molar refractivity (Wildman–Crippen MR) is 82.1 cm³/mol. The predicted octanol–water partition coefficient (Wildman–Crippen LogP) is 3.05. The second-order valence-electron chi connectivity index (χ2n) is 5.29. The topological polar surface area (TPSA) is 67.8 Å². The van der Waals surface area contributed by atoms with Gasteiger partial charge >= 0.3 is 0 Å². The Morgan fingerprint density at radius 2 is 2.00 bits per heavy atom. The molecule has 0 spiro atoms. The lowest BCUT2D eigenvalue weighted by Gasteiger charge is -2.15. The first kappa shape index (κ1) is 14.1. The van der Waals surface area contributed by atoms with Crippen molar-refractivity contribution in [3.8, 4) is 10.7 Å². The third-order valence-corrected chi connectivity index (χ3v) is 4.57. The van der Waals surface area contributed by atoms with Crippen LogP contribution < -0.4 is 5.32 Å². The fraction of sp³-hybridized carbons (Fsp3) is 0.467. The molecule has 21 heavy (non-hydrogen) atoms. The monoisotopic (exact) mass is 302 g/mol. The van der Waals surface area contributed by atoms with E-state index in [9.17, 15) is 4.79 Å². The number of hydrogen-bond acceptors (Lipinski definition) is 5. The van der Waals surface area contributed by atoms with Gasteiger partial charge in [0.15, 0.2) is 0 Å². The van der Waals surface area contributed by atoms with E-state index < -0.39 is 0 Å². The van der Waals surface area contributed by atoms with Gasteiger partial charge < -0.3 is 5.32 Å². The van der Waals surface area contributed by atoms with Gasteiger partial charge in [0, 0.05) is 23.8 Å². The molecular formula is C15H18N4OS. The Hall–Kier alpha value is -1.82. The summed E-state index contributed by atoms with van der Waals surface area (Å²) in [7, 11) is 0. The first-order chi connectivity index (χ1) is 10.3. The van der Waals surface area contributed by atoms with Crippen LogP contribution in [0.3, 0.4) is 0 Å². The fourth-order valence-corrected chi connectivity index (χ4v) is 3.35. The largest absolute Gasteiger partial charge is 0.348 e. The van der Waals surface area contributed by atoms with Gasteiger partial charge in [-0.3, -0.25) is 14.8 Å². The maximum atomic E-state index is 12.3. The quantitative estimate of drug-likeness (QED) is 0.885. The first-order valence-corrected chi connectivity index (χ1v) is 8.23. The summed E-state index contributed by atoms with van der Waals surface area (Å²) in [5, 5.41) is 5.63. The Labute approximate surface area is 127 Å². The van der Waals surface area contributed by atoms with Crippen LogP contribution in [-0.4, -0.2) is 26.9 Å². The average molecular weight is 302 g/mol. The van der Waals surface area contributed by atoms with Crippen LogP contribution in [0.25, 0.3) is 10.7 Å². The highest BCUT2D eigenvalue weighted by atomic mass is 32.1. The molecule has 0 unspecified atom stereocenters. The summed E-state index contributed by atoms with van der Waals surface area (Å²) in [6.45, 7) is 0. The number of carbonyl (C=O) groups excluding carboxylic acids is 1. The molecule has 3 rings (SSSR count). The third kappa shape index (κ3) is 3.64. The lowest BCUT2D eigenvalue weighted by atomic mass is 10.1. The van der Waals surface area contributed by atoms with Crippen molar-refractivity contribution < 1.29 is 4.79 Å². The van der Waals surface area contributed by atoms with Gasteiger partial charge in [0.2, 0.25) is 0 Å². The van der Waals surface area contributed by atoms with Crippen molar-refractivity contribution in [3.05, 3.63) is 29.7 Å². The molecule has 2 aromatic rings. The van der Waals surface area contributed by atoms with E-state index in [1.54, 1.807) is 24.0 Å². The third-order valence-electron chi connectivity index (χ3n) is 3.71. The van der Waals surface area contributed by atoms with Gasteiger partial charge in [-0.1, -0.05) is 25.7 Å². The minimum Gasteiger partial charge on any atom is -0.348 e. The van der Waals surface area contributed by atoms with E-state index in [2.05, 4.69) is 20.3 Å². The van der Waals surface area contributed by atoms with Gasteiger partial charge in [-0.25, -0.2) is 4.98 Å². The molecular weight excluding hydrogens is 284 g/mol. The van der Waals surface area contributed by atoms with Crippen molar-refractivity contribution >= 4 is 17.2 Å². The molecule has 0 aromatic carbocycles. The molecule has 1 N–H and O–H groups in total. The highest BCUT2D eigenvalue weighted by Gasteiger charge is 2.18. The van der Waals surface area contributed by atoms with E-state index in [1.165, 1.54) is 37.0 Å². The van der Waals surface area contributed by atoms with Crippen LogP contribution in [0.15, 0.2) is 24.0 Å². The van der Waals surface area contributed by atoms with Crippen molar-refractivity contribution in [2.75, 3.05) is 0 Å². The molecule has 2 heterocycles. The summed E-state index contributed by atoms with van der Waals surface area (Å²) in [4.78, 5) is 24.9. The Bertz CT molecular complexity index is 591. The fourth-order valence-electron chi connectivity index (χ4n) is 2.59. The summed E-state index contributed by atoms with van der Waals surface area (Å²) >= 11 is 1.42. The van der Waals surface area contributed by atoms with Crippen molar-refractivity contribution in [1.82, 2.24) is 20.3 Å². The van der Waals surface area contributed by atoms with E-state index in [1.807, 2.05) is 0 Å². The van der Waals surface area contributed by atoms with Crippen LogP contribution in [0.4, 0.5) is 0 Å². The smallest absolute Gasteiger partial charge is 0.270 e. The number of thiazole rings is 1. The Kier molecular flexibility index (Phi) is 4.55. The lowest BCUT2D eigenvalue weighted by molar-refractivity contribution is 0.0929. The number of nitrogens with one attached hydrogen (secondary N) is 1. The lowest BCUT2D eigenvalue weighted by Crippen LogP contribution is -2.34. The van der Waals surface area contributed by atoms with Crippen molar-refractivity contribution in [3.63, 3.8) is 0 Å². The number of aromatic nitrogens is 3. The molecule has 0 aliphatic heterocycles. The molecule has 6 heteroatoms. The molecule has 1 fully saturated rings. The second-order valence-corrected chi connectivity index (χ2v) is 6.15. The zero-order valence-corrected chi connectivity index (χ0v) is 12.6. The molecule has 0 saturated heterocycles. The molecule has 1 aliphatic carbocycles. The number of nitrogens with zero attached hydrogens (tertiary/aromatic N) is 3. The first-order valence-electron chi connectivity index (χ1n) is 7.36. The van der Waals surface area contributed by atoms with Crippen LogP contribution in [0.2, 0.25) is 0 Å². The van der Waals surface area contributed by atoms with Gasteiger partial charge in [0.25, 0.3) is 5.91 Å². The van der Waals surface area contributed by atoms with E-state index in [4.69, 9.17) is 0 Å². The highest BCUT2D eigenvalue weighted by molar-refractivity contribution is 7.13. The van der Waals surface area contributed by atoms with Crippen LogP contribution in [-0.2, 0) is 0 Å². The highest BCUT2D eigenvalue weighted by Crippen LogP contribution is 2.21. The Morgan fingerprint density at radius 3 is 2.71 bits per heavy atom. The SMILES string of the molecule is O=C(NC1CCCCCC1)c1csc(-c2cnccn2)n1. The molecule has 0 bridgehead atoms. The summed E-state index contributed by atoms with van der Waals surface area (Å²) in [5.41, 5.74) is 1.18. The summed E-state index contributed by atoms with van der Waals surface area (Å²) in [6.07, 6.45) is 12.0. The van der Waals surface area contributed by atoms with Crippen LogP contribution in [0.1, 0.15) is 49.0 Å². The van der Waals surface area contributed by atoms with Gasteiger partial charge in [-0.2, -0.15) is 0 Å². The summed E-state index contributed by atoms with van der Waals surface area (Å²) in [6, 6.07) is 0.293. The number of amides is 1. The number of carbonyl (C=O) groups is 1. The van der Waals surface area contributed by atoms with E-state index in [-0.39, 0.29) is 5.91 Å². The molecule has 1 saturated carbocycles. The van der Waals surface area contributed by atoms with Gasteiger partial charge in [0.1, 0.15) is 16.4 Å². The second kappa shape index (κ2) is 6.76. The number of hydrogen-bond donors (Lipinski definition) is 1. The van der Waals surface area contributed by atoms with Crippen molar-refractivity contribution in [2.45, 2.75) is 44.6 Å². The van der Waals surface area contributed by atoms with Gasteiger partial charge in [0.05, 0.1) is 6.20 Å². The maximum Gasteiger partial charge on any atom is 0.270 e. The Morgan fingerprint density at radius 1 is 1.19 bits per heavy atom. The van der Waals surface area contributed by atoms with Crippen LogP contribution >= 0.6 is 11.3 Å².